The molecule has 1 amide bonds. The Labute approximate surface area is 208 Å². The number of benzene rings is 3. The van der Waals surface area contributed by atoms with E-state index in [0.29, 0.717) is 11.3 Å². The summed E-state index contributed by atoms with van der Waals surface area (Å²) in [6.45, 7) is 4.97. The van der Waals surface area contributed by atoms with Crippen molar-refractivity contribution in [2.24, 2.45) is 0 Å². The maximum atomic E-state index is 12.6. The van der Waals surface area contributed by atoms with E-state index in [2.05, 4.69) is 10.0 Å². The molecule has 10 nitrogen and oxygen atoms in total. The molecule has 0 unspecified atom stereocenters. The minimum Gasteiger partial charge on any atom is -0.449 e. The molecule has 0 saturated heterocycles. The number of hydrogen-bond donors (Lipinski definition) is 2. The Hall–Kier alpha value is -4.25. The lowest BCUT2D eigenvalue weighted by molar-refractivity contribution is -0.385. The molecule has 0 aliphatic carbocycles. The fraction of sp³-hybridized carbons (Fsp3) is 0.200. The van der Waals surface area contributed by atoms with Gasteiger partial charge in [0.25, 0.3) is 21.6 Å². The van der Waals surface area contributed by atoms with Gasteiger partial charge < -0.3 is 10.1 Å². The van der Waals surface area contributed by atoms with E-state index in [1.807, 2.05) is 19.1 Å². The Morgan fingerprint density at radius 2 is 1.61 bits per heavy atom. The van der Waals surface area contributed by atoms with Gasteiger partial charge in [0.2, 0.25) is 0 Å². The minimum atomic E-state index is -4.11. The number of nitrogens with one attached hydrogen (secondary N) is 2. The SMILES string of the molecule is CCc1ccc(NC(=O)[C@H](C)OC(=O)c2ccc(NS(=O)(=O)c3ccc(C)c([N+](=O)[O-])c3)cc2)cc1. The summed E-state index contributed by atoms with van der Waals surface area (Å²) in [5.41, 5.74) is 1.97. The lowest BCUT2D eigenvalue weighted by Crippen LogP contribution is -2.30. The molecule has 3 aromatic carbocycles. The molecular formula is C25H25N3O7S. The summed E-state index contributed by atoms with van der Waals surface area (Å²) in [5, 5.41) is 13.8. The van der Waals surface area contributed by atoms with Crippen molar-refractivity contribution in [3.63, 3.8) is 0 Å². The predicted molar refractivity (Wildman–Crippen MR) is 134 cm³/mol. The zero-order valence-corrected chi connectivity index (χ0v) is 20.7. The zero-order valence-electron chi connectivity index (χ0n) is 19.8. The molecule has 0 fully saturated rings. The van der Waals surface area contributed by atoms with Crippen molar-refractivity contribution in [2.45, 2.75) is 38.2 Å². The van der Waals surface area contributed by atoms with Gasteiger partial charge in [-0.05, 0) is 68.3 Å². The third-order valence-corrected chi connectivity index (χ3v) is 6.72. The van der Waals surface area contributed by atoms with Crippen molar-refractivity contribution < 1.29 is 27.7 Å². The van der Waals surface area contributed by atoms with E-state index in [1.54, 1.807) is 12.1 Å². The number of ether oxygens (including phenoxy) is 1. The standard InChI is InChI=1S/C25H25N3O7S/c1-4-18-6-10-20(11-7-18)26-24(29)17(3)35-25(30)19-8-12-21(13-9-19)27-36(33,34)22-14-5-16(2)23(15-22)28(31)32/h5-15,17,27H,4H2,1-3H3,(H,26,29)/t17-/m0/s1. The highest BCUT2D eigenvalue weighted by Gasteiger charge is 2.21. The normalized spacial score (nSPS) is 11.9. The maximum Gasteiger partial charge on any atom is 0.338 e. The molecule has 36 heavy (non-hydrogen) atoms. The van der Waals surface area contributed by atoms with E-state index in [4.69, 9.17) is 4.74 Å². The molecule has 3 rings (SSSR count). The molecule has 0 aliphatic rings. The van der Waals surface area contributed by atoms with E-state index < -0.39 is 32.9 Å². The molecule has 188 valence electrons. The summed E-state index contributed by atoms with van der Waals surface area (Å²) < 4.78 is 32.8. The first kappa shape index (κ1) is 26.4. The largest absolute Gasteiger partial charge is 0.449 e. The van der Waals surface area contributed by atoms with Crippen molar-refractivity contribution >= 4 is 39.0 Å². The third kappa shape index (κ3) is 6.45. The van der Waals surface area contributed by atoms with Crippen LogP contribution in [0.4, 0.5) is 17.1 Å². The van der Waals surface area contributed by atoms with E-state index in [-0.39, 0.29) is 21.8 Å². The van der Waals surface area contributed by atoms with Gasteiger partial charge in [-0.25, -0.2) is 13.2 Å². The number of amides is 1. The number of hydrogen-bond acceptors (Lipinski definition) is 7. The topological polar surface area (TPSA) is 145 Å². The van der Waals surface area contributed by atoms with Crippen LogP contribution in [0.3, 0.4) is 0 Å². The Balaban J connectivity index is 1.63. The van der Waals surface area contributed by atoms with Crippen LogP contribution in [-0.2, 0) is 26.0 Å². The monoisotopic (exact) mass is 511 g/mol. The second-order valence-electron chi connectivity index (χ2n) is 7.98. The van der Waals surface area contributed by atoms with Gasteiger partial charge in [0.1, 0.15) is 0 Å². The highest BCUT2D eigenvalue weighted by atomic mass is 32.2. The van der Waals surface area contributed by atoms with Crippen LogP contribution in [0.25, 0.3) is 0 Å². The molecule has 2 N–H and O–H groups in total. The van der Waals surface area contributed by atoms with Crippen LogP contribution >= 0.6 is 0 Å². The number of nitrogens with zero attached hydrogens (tertiary/aromatic N) is 1. The lowest BCUT2D eigenvalue weighted by atomic mass is 10.1. The number of anilines is 2. The molecule has 0 aromatic heterocycles. The van der Waals surface area contributed by atoms with Crippen LogP contribution < -0.4 is 10.0 Å². The third-order valence-electron chi connectivity index (χ3n) is 5.34. The van der Waals surface area contributed by atoms with Crippen LogP contribution in [-0.4, -0.2) is 31.3 Å². The number of esters is 1. The average Bonchev–Trinajstić information content (AvgIpc) is 2.84. The summed E-state index contributed by atoms with van der Waals surface area (Å²) in [4.78, 5) is 35.0. The van der Waals surface area contributed by atoms with E-state index in [0.717, 1.165) is 18.1 Å². The fourth-order valence-electron chi connectivity index (χ4n) is 3.19. The first-order chi connectivity index (χ1) is 17.0. The maximum absolute atomic E-state index is 12.6. The lowest BCUT2D eigenvalue weighted by Gasteiger charge is -2.14. The second-order valence-corrected chi connectivity index (χ2v) is 9.66. The van der Waals surface area contributed by atoms with Gasteiger partial charge in [0, 0.05) is 23.0 Å². The number of nitro benzene ring substituents is 1. The molecule has 0 saturated carbocycles. The van der Waals surface area contributed by atoms with E-state index in [9.17, 15) is 28.1 Å². The highest BCUT2D eigenvalue weighted by molar-refractivity contribution is 7.92. The fourth-order valence-corrected chi connectivity index (χ4v) is 4.27. The molecule has 3 aromatic rings. The van der Waals surface area contributed by atoms with Crippen LogP contribution in [0.1, 0.15) is 35.3 Å². The van der Waals surface area contributed by atoms with Gasteiger partial charge in [-0.3, -0.25) is 19.6 Å². The number of nitro groups is 1. The highest BCUT2D eigenvalue weighted by Crippen LogP contribution is 2.24. The summed E-state index contributed by atoms with van der Waals surface area (Å²) in [7, 11) is -4.11. The number of rotatable bonds is 9. The van der Waals surface area contributed by atoms with Crippen LogP contribution in [0.5, 0.6) is 0 Å². The Morgan fingerprint density at radius 3 is 2.19 bits per heavy atom. The van der Waals surface area contributed by atoms with Gasteiger partial charge in [-0.1, -0.05) is 25.1 Å². The predicted octanol–water partition coefficient (Wildman–Crippen LogP) is 4.45. The minimum absolute atomic E-state index is 0.107. The molecule has 11 heteroatoms. The van der Waals surface area contributed by atoms with Gasteiger partial charge in [0.15, 0.2) is 6.10 Å². The second kappa shape index (κ2) is 11.0. The molecule has 0 bridgehead atoms. The first-order valence-corrected chi connectivity index (χ1v) is 12.5. The van der Waals surface area contributed by atoms with E-state index >= 15 is 0 Å². The zero-order chi connectivity index (χ0) is 26.5. The smallest absolute Gasteiger partial charge is 0.338 e. The molecule has 0 aliphatic heterocycles. The number of sulfonamides is 1. The van der Waals surface area contributed by atoms with Crippen LogP contribution in [0.2, 0.25) is 0 Å². The first-order valence-electron chi connectivity index (χ1n) is 11.0. The number of carbonyl (C=O) groups excluding carboxylic acids is 2. The van der Waals surface area contributed by atoms with Crippen LogP contribution in [0.15, 0.2) is 71.6 Å². The molecule has 1 atom stereocenters. The summed E-state index contributed by atoms with van der Waals surface area (Å²) in [6, 6.07) is 16.3. The van der Waals surface area contributed by atoms with Crippen molar-refractivity contribution in [1.29, 1.82) is 0 Å². The van der Waals surface area contributed by atoms with E-state index in [1.165, 1.54) is 50.2 Å². The molecule has 0 heterocycles. The molecule has 0 radical (unpaired) electrons. The number of aryl methyl sites for hydroxylation is 2. The van der Waals surface area contributed by atoms with Crippen molar-refractivity contribution in [3.8, 4) is 0 Å². The Morgan fingerprint density at radius 1 is 1.00 bits per heavy atom. The van der Waals surface area contributed by atoms with Gasteiger partial charge in [-0.15, -0.1) is 0 Å². The quantitative estimate of drug-likeness (QED) is 0.245. The molecule has 0 spiro atoms. The van der Waals surface area contributed by atoms with Gasteiger partial charge in [-0.2, -0.15) is 0 Å². The van der Waals surface area contributed by atoms with Gasteiger partial charge in [0.05, 0.1) is 15.4 Å². The van der Waals surface area contributed by atoms with Crippen LogP contribution in [0, 0.1) is 17.0 Å². The summed E-state index contributed by atoms with van der Waals surface area (Å²) in [5.74, 6) is -1.26. The van der Waals surface area contributed by atoms with Crippen molar-refractivity contribution in [1.82, 2.24) is 0 Å². The number of carbonyl (C=O) groups is 2. The molecular weight excluding hydrogens is 486 g/mol. The summed E-state index contributed by atoms with van der Waals surface area (Å²) >= 11 is 0. The van der Waals surface area contributed by atoms with Crippen molar-refractivity contribution in [3.05, 3.63) is 93.5 Å². The average molecular weight is 512 g/mol. The Bertz CT molecular complexity index is 1390. The van der Waals surface area contributed by atoms with Crippen molar-refractivity contribution in [2.75, 3.05) is 10.0 Å². The van der Waals surface area contributed by atoms with Gasteiger partial charge >= 0.3 is 5.97 Å². The summed E-state index contributed by atoms with van der Waals surface area (Å²) in [6.07, 6.45) is -0.199. The Kier molecular flexibility index (Phi) is 8.05.